The summed E-state index contributed by atoms with van der Waals surface area (Å²) in [6.07, 6.45) is 10.4. The van der Waals surface area contributed by atoms with Gasteiger partial charge < -0.3 is 20.3 Å². The first-order chi connectivity index (χ1) is 13.4. The quantitative estimate of drug-likeness (QED) is 0.113. The largest absolute Gasteiger partial charge is 0.498 e. The molecule has 0 spiro atoms. The van der Waals surface area contributed by atoms with Crippen molar-refractivity contribution < 1.29 is 29.4 Å². The third-order valence-electron chi connectivity index (χ3n) is 3.98. The van der Waals surface area contributed by atoms with Gasteiger partial charge in [-0.05, 0) is 59.0 Å². The Hall–Kier alpha value is -1.90. The van der Waals surface area contributed by atoms with Gasteiger partial charge in [0.05, 0.1) is 11.8 Å². The summed E-state index contributed by atoms with van der Waals surface area (Å²) in [7, 11) is 0. The van der Waals surface area contributed by atoms with Gasteiger partial charge in [-0.2, -0.15) is 0 Å². The van der Waals surface area contributed by atoms with Crippen LogP contribution in [0.2, 0.25) is 0 Å². The van der Waals surface area contributed by atoms with Gasteiger partial charge in [-0.25, -0.2) is 15.1 Å². The molecule has 0 aliphatic rings. The first kappa shape index (κ1) is 26.1. The molecule has 162 valence electrons. The van der Waals surface area contributed by atoms with E-state index in [1.54, 1.807) is 13.0 Å². The fourth-order valence-electron chi connectivity index (χ4n) is 2.19. The minimum atomic E-state index is -0.991. The van der Waals surface area contributed by atoms with Crippen LogP contribution in [-0.4, -0.2) is 55.0 Å². The molecule has 0 heterocycles. The number of hydrogen-bond acceptors (Lipinski definition) is 6. The second-order valence-electron chi connectivity index (χ2n) is 6.57. The topological polar surface area (TPSA) is 117 Å². The van der Waals surface area contributed by atoms with E-state index in [0.717, 1.165) is 64.6 Å². The van der Waals surface area contributed by atoms with E-state index in [4.69, 9.17) is 19.8 Å². The van der Waals surface area contributed by atoms with Gasteiger partial charge in [0.2, 0.25) is 0 Å². The highest BCUT2D eigenvalue weighted by atomic mass is 16.7. The highest BCUT2D eigenvalue weighted by Crippen LogP contribution is 2.01. The molecule has 0 amide bonds. The molecule has 0 bridgehead atoms. The lowest BCUT2D eigenvalue weighted by Gasteiger charge is -2.07. The highest BCUT2D eigenvalue weighted by molar-refractivity contribution is 5.85. The Morgan fingerprint density at radius 1 is 0.821 bits per heavy atom. The molecule has 0 saturated heterocycles. The van der Waals surface area contributed by atoms with Gasteiger partial charge in [0, 0.05) is 12.1 Å². The molecular formula is C20H36N2O6. The first-order valence-electron chi connectivity index (χ1n) is 9.92. The van der Waals surface area contributed by atoms with Gasteiger partial charge in [-0.3, -0.25) is 4.84 Å². The maximum absolute atomic E-state index is 10.6. The summed E-state index contributed by atoms with van der Waals surface area (Å²) in [4.78, 5) is 26.3. The molecule has 0 aliphatic carbocycles. The molecule has 0 fully saturated rings. The fraction of sp³-hybridized carbons (Fsp3) is 0.700. The molecule has 8 nitrogen and oxygen atoms in total. The average Bonchev–Trinajstić information content (AvgIpc) is 2.66. The zero-order chi connectivity index (χ0) is 21.0. The predicted molar refractivity (Wildman–Crippen MR) is 108 cm³/mol. The number of carboxylic acid groups (broad SMARTS) is 2. The molecule has 28 heavy (non-hydrogen) atoms. The monoisotopic (exact) mass is 400 g/mol. The Morgan fingerprint density at radius 2 is 1.43 bits per heavy atom. The molecule has 0 aromatic rings. The number of hydroxylamine groups is 1. The standard InChI is InChI=1S/C20H36N2O6/c1-17(19(23)24)10-6-5-8-12-21-11-7-3-4-9-13-22-28-15-14-27-16-18(2)20(25)26/h10,16,21-22H,3-9,11-15H2,1-2H3,(H,23,24)(H,25,26). The highest BCUT2D eigenvalue weighted by Gasteiger charge is 1.99. The number of allylic oxidation sites excluding steroid dienone is 1. The zero-order valence-corrected chi connectivity index (χ0v) is 17.2. The summed E-state index contributed by atoms with van der Waals surface area (Å²) >= 11 is 0. The van der Waals surface area contributed by atoms with E-state index >= 15 is 0 Å². The summed E-state index contributed by atoms with van der Waals surface area (Å²) in [6, 6.07) is 0. The van der Waals surface area contributed by atoms with Crippen molar-refractivity contribution in [1.29, 1.82) is 0 Å². The second-order valence-corrected chi connectivity index (χ2v) is 6.57. The summed E-state index contributed by atoms with van der Waals surface area (Å²) in [5.41, 5.74) is 3.45. The lowest BCUT2D eigenvalue weighted by atomic mass is 10.1. The SMILES string of the molecule is CC(=CCCCCNCCCCCCNOCCOC=C(C)C(=O)O)C(=O)O. The van der Waals surface area contributed by atoms with Gasteiger partial charge in [0.25, 0.3) is 0 Å². The average molecular weight is 401 g/mol. The van der Waals surface area contributed by atoms with Gasteiger partial charge in [0.15, 0.2) is 0 Å². The molecule has 8 heteroatoms. The van der Waals surface area contributed by atoms with Crippen molar-refractivity contribution in [2.45, 2.75) is 58.8 Å². The van der Waals surface area contributed by atoms with E-state index in [9.17, 15) is 9.59 Å². The number of nitrogens with one attached hydrogen (secondary N) is 2. The third kappa shape index (κ3) is 17.5. The van der Waals surface area contributed by atoms with Gasteiger partial charge in [-0.15, -0.1) is 0 Å². The van der Waals surface area contributed by atoms with E-state index < -0.39 is 11.9 Å². The summed E-state index contributed by atoms with van der Waals surface area (Å²) < 4.78 is 5.05. The molecule has 0 unspecified atom stereocenters. The van der Waals surface area contributed by atoms with Crippen LogP contribution in [0.4, 0.5) is 0 Å². The van der Waals surface area contributed by atoms with E-state index in [-0.39, 0.29) is 5.57 Å². The number of unbranched alkanes of at least 4 members (excludes halogenated alkanes) is 5. The third-order valence-corrected chi connectivity index (χ3v) is 3.98. The van der Waals surface area contributed by atoms with Crippen molar-refractivity contribution in [3.05, 3.63) is 23.5 Å². The van der Waals surface area contributed by atoms with Crippen molar-refractivity contribution in [3.8, 4) is 0 Å². The second kappa shape index (κ2) is 18.5. The van der Waals surface area contributed by atoms with Crippen molar-refractivity contribution >= 4 is 11.9 Å². The fourth-order valence-corrected chi connectivity index (χ4v) is 2.19. The van der Waals surface area contributed by atoms with E-state index in [2.05, 4.69) is 10.8 Å². The van der Waals surface area contributed by atoms with Crippen LogP contribution in [0.15, 0.2) is 23.5 Å². The Morgan fingerprint density at radius 3 is 2.07 bits per heavy atom. The lowest BCUT2D eigenvalue weighted by Crippen LogP contribution is -2.19. The number of hydrogen-bond donors (Lipinski definition) is 4. The molecule has 0 saturated carbocycles. The molecule has 0 atom stereocenters. The predicted octanol–water partition coefficient (Wildman–Crippen LogP) is 2.86. The molecule has 0 radical (unpaired) electrons. The number of rotatable bonds is 19. The molecule has 0 aromatic heterocycles. The number of carbonyl (C=O) groups is 2. The lowest BCUT2D eigenvalue weighted by molar-refractivity contribution is -0.133. The smallest absolute Gasteiger partial charge is 0.334 e. The van der Waals surface area contributed by atoms with Crippen molar-refractivity contribution in [1.82, 2.24) is 10.8 Å². The summed E-state index contributed by atoms with van der Waals surface area (Å²) in [5.74, 6) is -1.83. The maximum atomic E-state index is 10.6. The van der Waals surface area contributed by atoms with Gasteiger partial charge in [0.1, 0.15) is 13.2 Å². The van der Waals surface area contributed by atoms with Crippen molar-refractivity contribution in [2.75, 3.05) is 32.8 Å². The van der Waals surface area contributed by atoms with E-state index in [1.165, 1.54) is 13.2 Å². The molecule has 4 N–H and O–H groups in total. The van der Waals surface area contributed by atoms with Gasteiger partial charge in [-0.1, -0.05) is 18.9 Å². The number of aliphatic carboxylic acids is 2. The molecule has 0 rings (SSSR count). The Bertz CT molecular complexity index is 447. The Kier molecular flexibility index (Phi) is 17.2. The van der Waals surface area contributed by atoms with Crippen LogP contribution in [0.25, 0.3) is 0 Å². The molecule has 0 aliphatic heterocycles. The van der Waals surface area contributed by atoms with Crippen LogP contribution in [0, 0.1) is 0 Å². The number of ether oxygens (including phenoxy) is 1. The first-order valence-corrected chi connectivity index (χ1v) is 9.92. The van der Waals surface area contributed by atoms with Crippen LogP contribution < -0.4 is 10.8 Å². The van der Waals surface area contributed by atoms with Crippen molar-refractivity contribution in [3.63, 3.8) is 0 Å². The van der Waals surface area contributed by atoms with Crippen LogP contribution in [0.5, 0.6) is 0 Å². The number of carboxylic acids is 2. The maximum Gasteiger partial charge on any atom is 0.334 e. The Labute approximate surface area is 167 Å². The minimum Gasteiger partial charge on any atom is -0.498 e. The Balaban J connectivity index is 3.22. The van der Waals surface area contributed by atoms with Crippen molar-refractivity contribution in [2.24, 2.45) is 0 Å². The summed E-state index contributed by atoms with van der Waals surface area (Å²) in [6.45, 7) is 6.52. The van der Waals surface area contributed by atoms with Crippen LogP contribution in [0.3, 0.4) is 0 Å². The van der Waals surface area contributed by atoms with E-state index in [0.29, 0.717) is 18.8 Å². The summed E-state index contributed by atoms with van der Waals surface area (Å²) in [5, 5.41) is 20.8. The van der Waals surface area contributed by atoms with Crippen LogP contribution >= 0.6 is 0 Å². The minimum absolute atomic E-state index is 0.158. The molecule has 0 aromatic carbocycles. The normalized spacial score (nSPS) is 12.2. The van der Waals surface area contributed by atoms with Crippen LogP contribution in [0.1, 0.15) is 58.8 Å². The molecular weight excluding hydrogens is 364 g/mol. The van der Waals surface area contributed by atoms with Crippen LogP contribution in [-0.2, 0) is 19.2 Å². The zero-order valence-electron chi connectivity index (χ0n) is 17.2. The van der Waals surface area contributed by atoms with Gasteiger partial charge >= 0.3 is 11.9 Å². The van der Waals surface area contributed by atoms with E-state index in [1.807, 2.05) is 0 Å².